The third-order valence-electron chi connectivity index (χ3n) is 4.79. The molecular weight excluding hydrogens is 491 g/mol. The molecule has 3 rings (SSSR count). The van der Waals surface area contributed by atoms with E-state index in [1.807, 2.05) is 6.07 Å². The van der Waals surface area contributed by atoms with Gasteiger partial charge in [0.05, 0.1) is 16.5 Å². The molecule has 1 heterocycles. The van der Waals surface area contributed by atoms with Crippen LogP contribution in [0.1, 0.15) is 29.4 Å². The normalized spacial score (nSPS) is 13.2. The fourth-order valence-electron chi connectivity index (χ4n) is 3.09. The Labute approximate surface area is 201 Å². The summed E-state index contributed by atoms with van der Waals surface area (Å²) in [6.45, 7) is 1.62. The predicted octanol–water partition coefficient (Wildman–Crippen LogP) is 4.06. The van der Waals surface area contributed by atoms with E-state index in [1.165, 1.54) is 12.1 Å². The Balaban J connectivity index is 1.81. The van der Waals surface area contributed by atoms with Gasteiger partial charge in [-0.05, 0) is 42.3 Å². The van der Waals surface area contributed by atoms with E-state index in [-0.39, 0.29) is 46.2 Å². The first-order valence-electron chi connectivity index (χ1n) is 9.59. The molecule has 2 aromatic carbocycles. The summed E-state index contributed by atoms with van der Waals surface area (Å²) < 4.78 is 39.6. The van der Waals surface area contributed by atoms with Crippen molar-refractivity contribution in [3.05, 3.63) is 70.3 Å². The Hall–Kier alpha value is -2.77. The van der Waals surface area contributed by atoms with Gasteiger partial charge in [0, 0.05) is 6.26 Å². The Morgan fingerprint density at radius 1 is 1.21 bits per heavy atom. The zero-order valence-electron chi connectivity index (χ0n) is 17.7. The Kier molecular flexibility index (Phi) is 7.55. The van der Waals surface area contributed by atoms with Gasteiger partial charge in [-0.25, -0.2) is 13.4 Å². The molecule has 0 aliphatic carbocycles. The molecule has 174 valence electrons. The molecule has 0 radical (unpaired) electrons. The second kappa shape index (κ2) is 10.0. The number of hydrogen-bond acceptors (Lipinski definition) is 8. The highest BCUT2D eigenvalue weighted by Gasteiger charge is 2.28. The third-order valence-corrected chi connectivity index (χ3v) is 6.26. The van der Waals surface area contributed by atoms with Gasteiger partial charge >= 0.3 is 0 Å². The minimum absolute atomic E-state index is 0.0868. The van der Waals surface area contributed by atoms with Gasteiger partial charge in [0.25, 0.3) is 0 Å². The van der Waals surface area contributed by atoms with Gasteiger partial charge in [-0.3, -0.25) is 0 Å². The monoisotopic (exact) mass is 510 g/mol. The van der Waals surface area contributed by atoms with Gasteiger partial charge in [0.1, 0.15) is 30.6 Å². The summed E-state index contributed by atoms with van der Waals surface area (Å²) in [5.41, 5.74) is -0.389. The summed E-state index contributed by atoms with van der Waals surface area (Å²) in [6.07, 6.45) is 2.08. The molecule has 1 N–H and O–H groups in total. The quantitative estimate of drug-likeness (QED) is 0.427. The SMILES string of the molecule is C[C@@](O)(c1ccc(OCc2ocnc2S(C)(=O)=O)cc1)c1cc(Cl)c(OCCCl)c(C#N)c1. The maximum atomic E-state index is 11.7. The van der Waals surface area contributed by atoms with Crippen molar-refractivity contribution in [2.75, 3.05) is 18.7 Å². The molecule has 1 atom stereocenters. The van der Waals surface area contributed by atoms with Gasteiger partial charge in [-0.2, -0.15) is 5.26 Å². The Morgan fingerprint density at radius 3 is 2.52 bits per heavy atom. The van der Waals surface area contributed by atoms with E-state index in [4.69, 9.17) is 37.1 Å². The molecule has 0 unspecified atom stereocenters. The Morgan fingerprint density at radius 2 is 1.91 bits per heavy atom. The standard InChI is InChI=1S/C22H20Cl2N2O6S/c1-22(27,16-9-14(11-25)20(18(24)10-16)30-8-7-23)15-3-5-17(6-4-15)31-12-19-21(26-13-32-19)33(2,28)29/h3-6,9-10,13,27H,7-8,12H2,1-2H3/t22-/m1/s1. The molecule has 0 saturated heterocycles. The number of rotatable bonds is 9. The van der Waals surface area contributed by atoms with Crippen molar-refractivity contribution in [3.8, 4) is 17.6 Å². The van der Waals surface area contributed by atoms with Crippen LogP contribution in [-0.4, -0.2) is 37.3 Å². The molecule has 3 aromatic rings. The van der Waals surface area contributed by atoms with E-state index in [0.717, 1.165) is 12.6 Å². The third kappa shape index (κ3) is 5.60. The van der Waals surface area contributed by atoms with Crippen LogP contribution in [0.4, 0.5) is 0 Å². The average molecular weight is 511 g/mol. The molecule has 0 aliphatic rings. The second-order valence-electron chi connectivity index (χ2n) is 7.22. The molecule has 0 amide bonds. The lowest BCUT2D eigenvalue weighted by atomic mass is 9.87. The van der Waals surface area contributed by atoms with Crippen LogP contribution in [0.3, 0.4) is 0 Å². The van der Waals surface area contributed by atoms with E-state index in [9.17, 15) is 18.8 Å². The maximum Gasteiger partial charge on any atom is 0.200 e. The molecule has 0 saturated carbocycles. The summed E-state index contributed by atoms with van der Waals surface area (Å²) in [5, 5.41) is 20.7. The fraction of sp³-hybridized carbons (Fsp3) is 0.273. The molecule has 0 bridgehead atoms. The van der Waals surface area contributed by atoms with Gasteiger partial charge in [0.2, 0.25) is 0 Å². The highest BCUT2D eigenvalue weighted by molar-refractivity contribution is 7.90. The van der Waals surface area contributed by atoms with Crippen molar-refractivity contribution in [1.29, 1.82) is 5.26 Å². The molecule has 0 aliphatic heterocycles. The molecular formula is C22H20Cl2N2O6S. The van der Waals surface area contributed by atoms with Gasteiger partial charge in [-0.15, -0.1) is 11.6 Å². The molecule has 11 heteroatoms. The zero-order valence-corrected chi connectivity index (χ0v) is 20.0. The van der Waals surface area contributed by atoms with E-state index in [0.29, 0.717) is 16.9 Å². The first-order chi connectivity index (χ1) is 15.6. The van der Waals surface area contributed by atoms with Crippen LogP contribution in [0.15, 0.2) is 52.2 Å². The molecule has 33 heavy (non-hydrogen) atoms. The van der Waals surface area contributed by atoms with Gasteiger partial charge < -0.3 is 19.0 Å². The van der Waals surface area contributed by atoms with Crippen LogP contribution in [0.5, 0.6) is 11.5 Å². The van der Waals surface area contributed by atoms with Crippen molar-refractivity contribution in [2.24, 2.45) is 0 Å². The fourth-order valence-corrected chi connectivity index (χ4v) is 4.20. The van der Waals surface area contributed by atoms with E-state index in [2.05, 4.69) is 4.98 Å². The number of ether oxygens (including phenoxy) is 2. The lowest BCUT2D eigenvalue weighted by Crippen LogP contribution is -2.23. The molecule has 0 spiro atoms. The number of sulfone groups is 1. The van der Waals surface area contributed by atoms with Crippen molar-refractivity contribution < 1.29 is 27.4 Å². The van der Waals surface area contributed by atoms with Crippen LogP contribution >= 0.6 is 23.2 Å². The van der Waals surface area contributed by atoms with E-state index in [1.54, 1.807) is 31.2 Å². The van der Waals surface area contributed by atoms with Crippen LogP contribution < -0.4 is 9.47 Å². The van der Waals surface area contributed by atoms with Crippen LogP contribution in [0.25, 0.3) is 0 Å². The van der Waals surface area contributed by atoms with Crippen molar-refractivity contribution in [3.63, 3.8) is 0 Å². The number of aromatic nitrogens is 1. The van der Waals surface area contributed by atoms with Crippen molar-refractivity contribution in [1.82, 2.24) is 4.98 Å². The number of nitriles is 1. The molecule has 8 nitrogen and oxygen atoms in total. The summed E-state index contributed by atoms with van der Waals surface area (Å²) in [5.74, 6) is 0.958. The summed E-state index contributed by atoms with van der Waals surface area (Å²) in [4.78, 5) is 3.71. The summed E-state index contributed by atoms with van der Waals surface area (Å²) in [7, 11) is -3.54. The van der Waals surface area contributed by atoms with Crippen LogP contribution in [0.2, 0.25) is 5.02 Å². The lowest BCUT2D eigenvalue weighted by Gasteiger charge is -2.26. The smallest absolute Gasteiger partial charge is 0.200 e. The number of nitrogens with zero attached hydrogens (tertiary/aromatic N) is 2. The number of oxazole rings is 1. The maximum absolute atomic E-state index is 11.7. The average Bonchev–Trinajstić information content (AvgIpc) is 3.26. The van der Waals surface area contributed by atoms with Gasteiger partial charge in [-0.1, -0.05) is 23.7 Å². The topological polar surface area (TPSA) is 123 Å². The first kappa shape index (κ1) is 24.9. The highest BCUT2D eigenvalue weighted by Crippen LogP contribution is 2.37. The highest BCUT2D eigenvalue weighted by atomic mass is 35.5. The molecule has 1 aromatic heterocycles. The largest absolute Gasteiger partial charge is 0.489 e. The summed E-state index contributed by atoms with van der Waals surface area (Å²) >= 11 is 11.9. The first-order valence-corrected chi connectivity index (χ1v) is 12.4. The number of aliphatic hydroxyl groups is 1. The van der Waals surface area contributed by atoms with E-state index >= 15 is 0 Å². The predicted molar refractivity (Wildman–Crippen MR) is 121 cm³/mol. The van der Waals surface area contributed by atoms with Gasteiger partial charge in [0.15, 0.2) is 32.8 Å². The van der Waals surface area contributed by atoms with Crippen molar-refractivity contribution in [2.45, 2.75) is 24.2 Å². The van der Waals surface area contributed by atoms with Crippen LogP contribution in [0, 0.1) is 11.3 Å². The lowest BCUT2D eigenvalue weighted by molar-refractivity contribution is 0.102. The zero-order chi connectivity index (χ0) is 24.2. The Bertz CT molecular complexity index is 1280. The minimum atomic E-state index is -3.54. The molecule has 0 fully saturated rings. The van der Waals surface area contributed by atoms with E-state index < -0.39 is 15.4 Å². The van der Waals surface area contributed by atoms with Crippen molar-refractivity contribution >= 4 is 33.0 Å². The number of benzene rings is 2. The summed E-state index contributed by atoms with van der Waals surface area (Å²) in [6, 6.07) is 11.6. The number of hydrogen-bond donors (Lipinski definition) is 1. The second-order valence-corrected chi connectivity index (χ2v) is 9.94. The van der Waals surface area contributed by atoms with Crippen LogP contribution in [-0.2, 0) is 22.0 Å². The number of halogens is 2. The minimum Gasteiger partial charge on any atom is -0.489 e. The number of alkyl halides is 1.